The number of halogens is 1. The Morgan fingerprint density at radius 2 is 2.29 bits per heavy atom. The molecule has 21 heavy (non-hydrogen) atoms. The van der Waals surface area contributed by atoms with Crippen LogP contribution in [0.2, 0.25) is 5.02 Å². The van der Waals surface area contributed by atoms with E-state index in [0.29, 0.717) is 23.0 Å². The lowest BCUT2D eigenvalue weighted by atomic mass is 10.3. The van der Waals surface area contributed by atoms with Gasteiger partial charge in [0, 0.05) is 18.5 Å². The van der Waals surface area contributed by atoms with Crippen molar-refractivity contribution in [2.75, 3.05) is 19.5 Å². The highest BCUT2D eigenvalue weighted by Crippen LogP contribution is 2.26. The molecule has 112 valence electrons. The molecule has 0 aliphatic rings. The van der Waals surface area contributed by atoms with Gasteiger partial charge in [0.2, 0.25) is 0 Å². The van der Waals surface area contributed by atoms with E-state index in [1.54, 1.807) is 48.6 Å². The molecule has 2 rings (SSSR count). The molecule has 1 N–H and O–H groups in total. The zero-order chi connectivity index (χ0) is 15.4. The molecule has 0 saturated heterocycles. The van der Waals surface area contributed by atoms with Crippen molar-refractivity contribution in [2.45, 2.75) is 13.5 Å². The molecule has 0 spiro atoms. The molecule has 0 aliphatic carbocycles. The van der Waals surface area contributed by atoms with Crippen molar-refractivity contribution >= 4 is 34.7 Å². The number of ether oxygens (including phenoxy) is 1. The number of amides is 2. The molecule has 0 radical (unpaired) electrons. The first-order chi connectivity index (χ1) is 9.99. The summed E-state index contributed by atoms with van der Waals surface area (Å²) >= 11 is 7.66. The number of thiazole rings is 1. The topological polar surface area (TPSA) is 54.5 Å². The van der Waals surface area contributed by atoms with Crippen molar-refractivity contribution in [2.24, 2.45) is 0 Å². The average Bonchev–Trinajstić information content (AvgIpc) is 2.86. The number of hydrogen-bond donors (Lipinski definition) is 1. The fourth-order valence-electron chi connectivity index (χ4n) is 1.73. The summed E-state index contributed by atoms with van der Waals surface area (Å²) in [5.74, 6) is 0.643. The third-order valence-corrected chi connectivity index (χ3v) is 3.97. The number of rotatable bonds is 4. The largest absolute Gasteiger partial charge is 0.497 e. The second kappa shape index (κ2) is 6.78. The minimum atomic E-state index is -0.243. The molecule has 1 heterocycles. The van der Waals surface area contributed by atoms with Gasteiger partial charge in [0.05, 0.1) is 35.1 Å². The lowest BCUT2D eigenvalue weighted by Crippen LogP contribution is -2.31. The average molecular weight is 326 g/mol. The quantitative estimate of drug-likeness (QED) is 0.930. The Hall–Kier alpha value is -1.79. The van der Waals surface area contributed by atoms with Gasteiger partial charge in [-0.1, -0.05) is 11.6 Å². The molecule has 0 saturated carbocycles. The van der Waals surface area contributed by atoms with Crippen LogP contribution in [0.1, 0.15) is 10.7 Å². The Kier molecular flexibility index (Phi) is 5.03. The SMILES string of the molecule is COc1ccc(NC(=O)N(C)Cc2csc(C)n2)c(Cl)c1. The number of urea groups is 1. The van der Waals surface area contributed by atoms with Crippen molar-refractivity contribution in [1.29, 1.82) is 0 Å². The smallest absolute Gasteiger partial charge is 0.321 e. The van der Waals surface area contributed by atoms with Gasteiger partial charge < -0.3 is 15.0 Å². The predicted octanol–water partition coefficient (Wildman–Crippen LogP) is 3.78. The maximum Gasteiger partial charge on any atom is 0.321 e. The molecule has 1 aromatic heterocycles. The molecule has 2 aromatic rings. The lowest BCUT2D eigenvalue weighted by molar-refractivity contribution is 0.220. The number of nitrogens with one attached hydrogen (secondary N) is 1. The molecule has 2 amide bonds. The van der Waals surface area contributed by atoms with E-state index < -0.39 is 0 Å². The molecule has 1 aromatic carbocycles. The minimum Gasteiger partial charge on any atom is -0.497 e. The first-order valence-corrected chi connectivity index (χ1v) is 7.52. The van der Waals surface area contributed by atoms with Gasteiger partial charge in [0.25, 0.3) is 0 Å². The summed E-state index contributed by atoms with van der Waals surface area (Å²) < 4.78 is 5.07. The van der Waals surface area contributed by atoms with E-state index in [4.69, 9.17) is 16.3 Å². The maximum absolute atomic E-state index is 12.1. The molecule has 0 fully saturated rings. The minimum absolute atomic E-state index is 0.243. The van der Waals surface area contributed by atoms with E-state index in [-0.39, 0.29) is 6.03 Å². The summed E-state index contributed by atoms with van der Waals surface area (Å²) in [7, 11) is 3.27. The number of hydrogen-bond acceptors (Lipinski definition) is 4. The highest BCUT2D eigenvalue weighted by molar-refractivity contribution is 7.09. The number of anilines is 1. The highest BCUT2D eigenvalue weighted by Gasteiger charge is 2.13. The van der Waals surface area contributed by atoms with Crippen LogP contribution in [0.4, 0.5) is 10.5 Å². The first-order valence-electron chi connectivity index (χ1n) is 6.26. The first kappa shape index (κ1) is 15.6. The molecular formula is C14H16ClN3O2S. The predicted molar refractivity (Wildman–Crippen MR) is 85.3 cm³/mol. The zero-order valence-electron chi connectivity index (χ0n) is 12.0. The fourth-order valence-corrected chi connectivity index (χ4v) is 2.55. The van der Waals surface area contributed by atoms with Crippen LogP contribution in [-0.2, 0) is 6.54 Å². The molecular weight excluding hydrogens is 310 g/mol. The van der Waals surface area contributed by atoms with Crippen LogP contribution in [0.15, 0.2) is 23.6 Å². The molecule has 0 unspecified atom stereocenters. The summed E-state index contributed by atoms with van der Waals surface area (Å²) in [6.07, 6.45) is 0. The third kappa shape index (κ3) is 4.09. The van der Waals surface area contributed by atoms with Crippen molar-refractivity contribution in [3.05, 3.63) is 39.3 Å². The number of nitrogens with zero attached hydrogens (tertiary/aromatic N) is 2. The summed E-state index contributed by atoms with van der Waals surface area (Å²) in [5, 5.41) is 6.12. The van der Waals surface area contributed by atoms with Crippen LogP contribution >= 0.6 is 22.9 Å². The van der Waals surface area contributed by atoms with E-state index >= 15 is 0 Å². The third-order valence-electron chi connectivity index (χ3n) is 2.83. The number of aromatic nitrogens is 1. The Balaban J connectivity index is 2.00. The van der Waals surface area contributed by atoms with Gasteiger partial charge in [-0.15, -0.1) is 11.3 Å². The van der Waals surface area contributed by atoms with Crippen molar-refractivity contribution < 1.29 is 9.53 Å². The fraction of sp³-hybridized carbons (Fsp3) is 0.286. The summed E-state index contributed by atoms with van der Waals surface area (Å²) in [4.78, 5) is 18.0. The Labute approximate surface area is 132 Å². The Morgan fingerprint density at radius 1 is 1.52 bits per heavy atom. The molecule has 0 atom stereocenters. The van der Waals surface area contributed by atoms with Gasteiger partial charge >= 0.3 is 6.03 Å². The van der Waals surface area contributed by atoms with Gasteiger partial charge in [0.1, 0.15) is 5.75 Å². The second-order valence-electron chi connectivity index (χ2n) is 4.49. The Morgan fingerprint density at radius 3 is 2.86 bits per heavy atom. The van der Waals surface area contributed by atoms with E-state index in [1.807, 2.05) is 12.3 Å². The zero-order valence-corrected chi connectivity index (χ0v) is 13.6. The summed E-state index contributed by atoms with van der Waals surface area (Å²) in [6.45, 7) is 2.38. The number of methoxy groups -OCH3 is 1. The van der Waals surface area contributed by atoms with Crippen molar-refractivity contribution in [1.82, 2.24) is 9.88 Å². The van der Waals surface area contributed by atoms with E-state index in [1.165, 1.54) is 0 Å². The standard InChI is InChI=1S/C14H16ClN3O2S/c1-9-16-10(8-21-9)7-18(2)14(19)17-13-5-4-11(20-3)6-12(13)15/h4-6,8H,7H2,1-3H3,(H,17,19). The van der Waals surface area contributed by atoms with Gasteiger partial charge in [-0.2, -0.15) is 0 Å². The van der Waals surface area contributed by atoms with Crippen LogP contribution in [-0.4, -0.2) is 30.1 Å². The molecule has 5 nitrogen and oxygen atoms in total. The monoisotopic (exact) mass is 325 g/mol. The van der Waals surface area contributed by atoms with Crippen molar-refractivity contribution in [3.63, 3.8) is 0 Å². The lowest BCUT2D eigenvalue weighted by Gasteiger charge is -2.17. The molecule has 7 heteroatoms. The van der Waals surface area contributed by atoms with E-state index in [2.05, 4.69) is 10.3 Å². The van der Waals surface area contributed by atoms with E-state index in [0.717, 1.165) is 10.7 Å². The van der Waals surface area contributed by atoms with Crippen molar-refractivity contribution in [3.8, 4) is 5.75 Å². The van der Waals surface area contributed by atoms with Crippen LogP contribution in [0.3, 0.4) is 0 Å². The van der Waals surface area contributed by atoms with E-state index in [9.17, 15) is 4.79 Å². The van der Waals surface area contributed by atoms with Crippen LogP contribution < -0.4 is 10.1 Å². The number of aryl methyl sites for hydroxylation is 1. The van der Waals surface area contributed by atoms with Gasteiger partial charge in [-0.3, -0.25) is 0 Å². The van der Waals surface area contributed by atoms with Gasteiger partial charge in [-0.05, 0) is 19.1 Å². The molecule has 0 aliphatic heterocycles. The molecule has 0 bridgehead atoms. The van der Waals surface area contributed by atoms with Gasteiger partial charge in [0.15, 0.2) is 0 Å². The summed E-state index contributed by atoms with van der Waals surface area (Å²) in [6, 6.07) is 4.86. The summed E-state index contributed by atoms with van der Waals surface area (Å²) in [5.41, 5.74) is 1.42. The van der Waals surface area contributed by atoms with Crippen LogP contribution in [0.25, 0.3) is 0 Å². The number of carbonyl (C=O) groups is 1. The highest BCUT2D eigenvalue weighted by atomic mass is 35.5. The number of benzene rings is 1. The van der Waals surface area contributed by atoms with Crippen LogP contribution in [0.5, 0.6) is 5.75 Å². The van der Waals surface area contributed by atoms with Gasteiger partial charge in [-0.25, -0.2) is 9.78 Å². The van der Waals surface area contributed by atoms with Crippen LogP contribution in [0, 0.1) is 6.92 Å². The Bertz CT molecular complexity index is 645. The maximum atomic E-state index is 12.1. The normalized spacial score (nSPS) is 10.3. The number of carbonyl (C=O) groups excluding carboxylic acids is 1. The second-order valence-corrected chi connectivity index (χ2v) is 5.96.